The van der Waals surface area contributed by atoms with Crippen LogP contribution in [0.15, 0.2) is 72.8 Å². The number of ether oxygens (including phenoxy) is 2. The highest BCUT2D eigenvalue weighted by Crippen LogP contribution is 2.24. The van der Waals surface area contributed by atoms with Gasteiger partial charge in [-0.05, 0) is 42.5 Å². The Balaban J connectivity index is 1.66. The summed E-state index contributed by atoms with van der Waals surface area (Å²) in [6.07, 6.45) is 0. The van der Waals surface area contributed by atoms with Gasteiger partial charge in [-0.15, -0.1) is 0 Å². The molecule has 1 aromatic heterocycles. The van der Waals surface area contributed by atoms with Crippen LogP contribution < -0.4 is 31.2 Å². The largest absolute Gasteiger partial charge is 0.497 e. The van der Waals surface area contributed by atoms with E-state index in [1.165, 1.54) is 0 Å². The number of nitrogen functional groups attached to an aromatic ring is 1. The predicted molar refractivity (Wildman–Crippen MR) is 127 cm³/mol. The lowest BCUT2D eigenvalue weighted by Gasteiger charge is -2.12. The second-order valence-corrected chi connectivity index (χ2v) is 6.77. The number of anilines is 7. The lowest BCUT2D eigenvalue weighted by Crippen LogP contribution is -2.07. The van der Waals surface area contributed by atoms with E-state index < -0.39 is 0 Å². The quantitative estimate of drug-likeness (QED) is 0.295. The highest BCUT2D eigenvalue weighted by molar-refractivity contribution is 5.64. The van der Waals surface area contributed by atoms with Crippen molar-refractivity contribution in [1.82, 2.24) is 15.0 Å². The molecule has 3 aromatic carbocycles. The van der Waals surface area contributed by atoms with Crippen LogP contribution in [-0.2, 0) is 0 Å². The van der Waals surface area contributed by atoms with Gasteiger partial charge in [0.1, 0.15) is 11.5 Å². The number of nitrogens with two attached hydrogens (primary N) is 1. The molecule has 5 N–H and O–H groups in total. The maximum atomic E-state index is 5.89. The van der Waals surface area contributed by atoms with Gasteiger partial charge in [-0.25, -0.2) is 0 Å². The molecule has 0 radical (unpaired) electrons. The van der Waals surface area contributed by atoms with Gasteiger partial charge in [0.25, 0.3) is 0 Å². The molecule has 0 saturated heterocycles. The number of benzene rings is 3. The molecule has 0 saturated carbocycles. The van der Waals surface area contributed by atoms with Crippen molar-refractivity contribution in [3.8, 4) is 11.5 Å². The van der Waals surface area contributed by atoms with Gasteiger partial charge >= 0.3 is 0 Å². The number of hydrogen-bond donors (Lipinski definition) is 4. The average molecular weight is 429 g/mol. The SMILES string of the molecule is COc1cccc(Nc2nc(Nc3cccc(N)c3)nc(Nc3cccc(OC)c3)n2)c1. The fourth-order valence-electron chi connectivity index (χ4n) is 2.95. The highest BCUT2D eigenvalue weighted by atomic mass is 16.5. The molecule has 0 atom stereocenters. The molecule has 0 spiro atoms. The molecule has 0 fully saturated rings. The van der Waals surface area contributed by atoms with Crippen LogP contribution in [0.25, 0.3) is 0 Å². The van der Waals surface area contributed by atoms with Gasteiger partial charge in [-0.3, -0.25) is 0 Å². The van der Waals surface area contributed by atoms with Crippen LogP contribution in [0.3, 0.4) is 0 Å². The van der Waals surface area contributed by atoms with Gasteiger partial charge in [-0.1, -0.05) is 18.2 Å². The Morgan fingerprint density at radius 1 is 0.594 bits per heavy atom. The zero-order valence-corrected chi connectivity index (χ0v) is 17.7. The summed E-state index contributed by atoms with van der Waals surface area (Å²) < 4.78 is 10.6. The first kappa shape index (κ1) is 20.7. The lowest BCUT2D eigenvalue weighted by atomic mass is 10.3. The van der Waals surface area contributed by atoms with Crippen molar-refractivity contribution in [2.45, 2.75) is 0 Å². The summed E-state index contributed by atoms with van der Waals surface area (Å²) in [5, 5.41) is 9.56. The second kappa shape index (κ2) is 9.52. The summed E-state index contributed by atoms with van der Waals surface area (Å²) in [5.74, 6) is 2.49. The van der Waals surface area contributed by atoms with Gasteiger partial charge in [-0.2, -0.15) is 15.0 Å². The molecule has 0 amide bonds. The fraction of sp³-hybridized carbons (Fsp3) is 0.0870. The number of nitrogens with zero attached hydrogens (tertiary/aromatic N) is 3. The Kier molecular flexibility index (Phi) is 6.17. The monoisotopic (exact) mass is 429 g/mol. The predicted octanol–water partition coefficient (Wildman–Crippen LogP) is 4.70. The van der Waals surface area contributed by atoms with Gasteiger partial charge in [0.15, 0.2) is 0 Å². The molecule has 9 heteroatoms. The summed E-state index contributed by atoms with van der Waals surface area (Å²) >= 11 is 0. The Hall–Kier alpha value is -4.53. The topological polar surface area (TPSA) is 119 Å². The molecule has 1 heterocycles. The summed E-state index contributed by atoms with van der Waals surface area (Å²) in [5.41, 5.74) is 8.83. The van der Waals surface area contributed by atoms with Crippen LogP contribution in [-0.4, -0.2) is 29.2 Å². The molecule has 0 aliphatic rings. The normalized spacial score (nSPS) is 10.3. The minimum absolute atomic E-state index is 0.349. The number of aromatic nitrogens is 3. The molecular formula is C23H23N7O2. The fourth-order valence-corrected chi connectivity index (χ4v) is 2.95. The smallest absolute Gasteiger partial charge is 0.233 e. The molecule has 0 aliphatic heterocycles. The Labute approximate surface area is 185 Å². The molecule has 0 aliphatic carbocycles. The molecule has 9 nitrogen and oxygen atoms in total. The van der Waals surface area contributed by atoms with E-state index in [0.29, 0.717) is 23.5 Å². The molecule has 4 rings (SSSR count). The number of methoxy groups -OCH3 is 2. The summed E-state index contributed by atoms with van der Waals surface area (Å²) in [6, 6.07) is 22.3. The van der Waals surface area contributed by atoms with Crippen molar-refractivity contribution in [2.75, 3.05) is 35.9 Å². The number of hydrogen-bond acceptors (Lipinski definition) is 9. The zero-order chi connectivity index (χ0) is 22.3. The molecule has 32 heavy (non-hydrogen) atoms. The first-order chi connectivity index (χ1) is 15.6. The summed E-state index contributed by atoms with van der Waals surface area (Å²) in [7, 11) is 3.23. The van der Waals surface area contributed by atoms with Crippen LogP contribution in [0.4, 0.5) is 40.6 Å². The van der Waals surface area contributed by atoms with Gasteiger partial charge < -0.3 is 31.2 Å². The van der Waals surface area contributed by atoms with E-state index in [2.05, 4.69) is 30.9 Å². The van der Waals surface area contributed by atoms with E-state index in [0.717, 1.165) is 28.6 Å². The van der Waals surface area contributed by atoms with Crippen molar-refractivity contribution in [1.29, 1.82) is 0 Å². The lowest BCUT2D eigenvalue weighted by molar-refractivity contribution is 0.415. The molecule has 0 bridgehead atoms. The Morgan fingerprint density at radius 2 is 1.00 bits per heavy atom. The van der Waals surface area contributed by atoms with E-state index in [1.807, 2.05) is 66.7 Å². The van der Waals surface area contributed by atoms with Crippen molar-refractivity contribution in [2.24, 2.45) is 0 Å². The van der Waals surface area contributed by atoms with E-state index in [1.54, 1.807) is 20.3 Å². The third kappa shape index (κ3) is 5.33. The van der Waals surface area contributed by atoms with Gasteiger partial charge in [0.05, 0.1) is 14.2 Å². The maximum Gasteiger partial charge on any atom is 0.233 e. The zero-order valence-electron chi connectivity index (χ0n) is 17.7. The summed E-state index contributed by atoms with van der Waals surface area (Å²) in [4.78, 5) is 13.5. The maximum absolute atomic E-state index is 5.89. The van der Waals surface area contributed by atoms with Crippen molar-refractivity contribution in [3.05, 3.63) is 72.8 Å². The van der Waals surface area contributed by atoms with Crippen LogP contribution in [0.5, 0.6) is 11.5 Å². The minimum Gasteiger partial charge on any atom is -0.497 e. The highest BCUT2D eigenvalue weighted by Gasteiger charge is 2.09. The van der Waals surface area contributed by atoms with Gasteiger partial charge in [0, 0.05) is 34.9 Å². The summed E-state index contributed by atoms with van der Waals surface area (Å²) in [6.45, 7) is 0. The van der Waals surface area contributed by atoms with E-state index >= 15 is 0 Å². The Morgan fingerprint density at radius 3 is 1.41 bits per heavy atom. The van der Waals surface area contributed by atoms with Crippen LogP contribution in [0, 0.1) is 0 Å². The first-order valence-electron chi connectivity index (χ1n) is 9.82. The molecule has 0 unspecified atom stereocenters. The van der Waals surface area contributed by atoms with E-state index in [9.17, 15) is 0 Å². The number of nitrogens with one attached hydrogen (secondary N) is 3. The third-order valence-electron chi connectivity index (χ3n) is 4.43. The molecule has 162 valence electrons. The van der Waals surface area contributed by atoms with Crippen LogP contribution in [0.2, 0.25) is 0 Å². The third-order valence-corrected chi connectivity index (χ3v) is 4.43. The van der Waals surface area contributed by atoms with Crippen molar-refractivity contribution < 1.29 is 9.47 Å². The Bertz CT molecular complexity index is 1150. The van der Waals surface area contributed by atoms with E-state index in [4.69, 9.17) is 15.2 Å². The molecule has 4 aromatic rings. The van der Waals surface area contributed by atoms with Crippen LogP contribution in [0.1, 0.15) is 0 Å². The average Bonchev–Trinajstić information content (AvgIpc) is 2.79. The number of rotatable bonds is 8. The standard InChI is InChI=1S/C23H23N7O2/c1-31-19-10-4-8-17(13-19)26-22-28-21(25-16-7-3-6-15(24)12-16)29-23(30-22)27-18-9-5-11-20(14-18)32-2/h3-14H,24H2,1-2H3,(H3,25,26,27,28,29,30). The molecular weight excluding hydrogens is 406 g/mol. The first-order valence-corrected chi connectivity index (χ1v) is 9.82. The van der Waals surface area contributed by atoms with Crippen molar-refractivity contribution in [3.63, 3.8) is 0 Å². The van der Waals surface area contributed by atoms with E-state index in [-0.39, 0.29) is 0 Å². The van der Waals surface area contributed by atoms with Crippen molar-refractivity contribution >= 4 is 40.6 Å². The van der Waals surface area contributed by atoms with Crippen LogP contribution >= 0.6 is 0 Å². The van der Waals surface area contributed by atoms with Gasteiger partial charge in [0.2, 0.25) is 17.8 Å². The second-order valence-electron chi connectivity index (χ2n) is 6.77. The minimum atomic E-state index is 0.349.